The van der Waals surface area contributed by atoms with Gasteiger partial charge in [0.2, 0.25) is 0 Å². The molecule has 1 rings (SSSR count). The van der Waals surface area contributed by atoms with Crippen LogP contribution in [0.5, 0.6) is 0 Å². The van der Waals surface area contributed by atoms with Gasteiger partial charge in [-0.2, -0.15) is 13.2 Å². The van der Waals surface area contributed by atoms with E-state index in [1.165, 1.54) is 6.07 Å². The Balaban J connectivity index is 2.71. The summed E-state index contributed by atoms with van der Waals surface area (Å²) in [6, 6.07) is 3.45. The molecule has 0 unspecified atom stereocenters. The molecule has 1 amide bonds. The third-order valence-corrected chi connectivity index (χ3v) is 2.47. The van der Waals surface area contributed by atoms with Crippen molar-refractivity contribution in [3.05, 3.63) is 35.1 Å². The van der Waals surface area contributed by atoms with Crippen LogP contribution >= 0.6 is 0 Å². The molecular formula is C14H14F4N2O. The summed E-state index contributed by atoms with van der Waals surface area (Å²) in [5, 5.41) is 2.31. The molecule has 1 aromatic rings. The lowest BCUT2D eigenvalue weighted by molar-refractivity contribution is -0.135. The summed E-state index contributed by atoms with van der Waals surface area (Å²) in [5.74, 6) is 3.85. The lowest BCUT2D eigenvalue weighted by atomic mass is 10.1. The quantitative estimate of drug-likeness (QED) is 0.509. The second-order valence-electron chi connectivity index (χ2n) is 4.17. The monoisotopic (exact) mass is 302 g/mol. The molecule has 3 nitrogen and oxygen atoms in total. The van der Waals surface area contributed by atoms with Crippen molar-refractivity contribution in [1.29, 1.82) is 0 Å². The summed E-state index contributed by atoms with van der Waals surface area (Å²) in [5.41, 5.74) is 5.46. The van der Waals surface area contributed by atoms with Crippen molar-refractivity contribution in [1.82, 2.24) is 5.32 Å². The van der Waals surface area contributed by atoms with Crippen molar-refractivity contribution in [3.63, 3.8) is 0 Å². The molecule has 0 spiro atoms. The molecule has 21 heavy (non-hydrogen) atoms. The first-order valence-corrected chi connectivity index (χ1v) is 6.17. The van der Waals surface area contributed by atoms with Crippen molar-refractivity contribution in [2.45, 2.75) is 19.0 Å². The number of amides is 1. The molecule has 0 saturated carbocycles. The SMILES string of the molecule is NCC#Cc1ccc(F)cc1C(=O)NCCCC(F)(F)F. The molecule has 0 bridgehead atoms. The third-order valence-electron chi connectivity index (χ3n) is 2.47. The average Bonchev–Trinajstić information content (AvgIpc) is 2.41. The normalized spacial score (nSPS) is 10.7. The van der Waals surface area contributed by atoms with Gasteiger partial charge in [-0.05, 0) is 24.6 Å². The second kappa shape index (κ2) is 7.64. The van der Waals surface area contributed by atoms with Gasteiger partial charge in [0.1, 0.15) is 5.82 Å². The van der Waals surface area contributed by atoms with Gasteiger partial charge < -0.3 is 11.1 Å². The number of carbonyl (C=O) groups excluding carboxylic acids is 1. The zero-order valence-electron chi connectivity index (χ0n) is 11.1. The molecule has 0 aliphatic heterocycles. The third kappa shape index (κ3) is 6.27. The molecular weight excluding hydrogens is 288 g/mol. The summed E-state index contributed by atoms with van der Waals surface area (Å²) < 4.78 is 49.1. The molecule has 114 valence electrons. The van der Waals surface area contributed by atoms with E-state index in [-0.39, 0.29) is 30.6 Å². The summed E-state index contributed by atoms with van der Waals surface area (Å²) in [6.07, 6.45) is -5.49. The number of nitrogens with two attached hydrogens (primary N) is 1. The first kappa shape index (κ1) is 17.0. The Morgan fingerprint density at radius 1 is 1.33 bits per heavy atom. The van der Waals surface area contributed by atoms with Crippen molar-refractivity contribution < 1.29 is 22.4 Å². The van der Waals surface area contributed by atoms with Crippen LogP contribution in [-0.2, 0) is 0 Å². The average molecular weight is 302 g/mol. The summed E-state index contributed by atoms with van der Waals surface area (Å²) in [7, 11) is 0. The highest BCUT2D eigenvalue weighted by molar-refractivity contribution is 5.96. The molecule has 0 radical (unpaired) electrons. The zero-order chi connectivity index (χ0) is 15.9. The Hall–Kier alpha value is -2.07. The van der Waals surface area contributed by atoms with Crippen LogP contribution in [0, 0.1) is 17.7 Å². The topological polar surface area (TPSA) is 55.1 Å². The largest absolute Gasteiger partial charge is 0.389 e. The van der Waals surface area contributed by atoms with E-state index >= 15 is 0 Å². The van der Waals surface area contributed by atoms with E-state index in [2.05, 4.69) is 17.2 Å². The zero-order valence-corrected chi connectivity index (χ0v) is 11.1. The lowest BCUT2D eigenvalue weighted by Gasteiger charge is -2.09. The maximum atomic E-state index is 13.2. The highest BCUT2D eigenvalue weighted by atomic mass is 19.4. The number of benzene rings is 1. The summed E-state index contributed by atoms with van der Waals surface area (Å²) in [6.45, 7) is -0.0807. The van der Waals surface area contributed by atoms with Gasteiger partial charge in [-0.1, -0.05) is 11.8 Å². The fourth-order valence-electron chi connectivity index (χ4n) is 1.55. The second-order valence-corrected chi connectivity index (χ2v) is 4.17. The van der Waals surface area contributed by atoms with Gasteiger partial charge in [-0.25, -0.2) is 4.39 Å². The van der Waals surface area contributed by atoms with E-state index < -0.39 is 24.3 Å². The van der Waals surface area contributed by atoms with Crippen LogP contribution in [0.25, 0.3) is 0 Å². The molecule has 0 aliphatic rings. The highest BCUT2D eigenvalue weighted by Crippen LogP contribution is 2.20. The van der Waals surface area contributed by atoms with Crippen LogP contribution in [-0.4, -0.2) is 25.2 Å². The van der Waals surface area contributed by atoms with Gasteiger partial charge in [0.15, 0.2) is 0 Å². The van der Waals surface area contributed by atoms with Crippen LogP contribution in [0.15, 0.2) is 18.2 Å². The molecule has 0 aliphatic carbocycles. The van der Waals surface area contributed by atoms with Crippen LogP contribution < -0.4 is 11.1 Å². The number of hydrogen-bond acceptors (Lipinski definition) is 2. The predicted octanol–water partition coefficient (Wildman–Crippen LogP) is 2.21. The number of alkyl halides is 3. The van der Waals surface area contributed by atoms with Gasteiger partial charge in [-0.3, -0.25) is 4.79 Å². The summed E-state index contributed by atoms with van der Waals surface area (Å²) in [4.78, 5) is 11.8. The minimum Gasteiger partial charge on any atom is -0.352 e. The van der Waals surface area contributed by atoms with Crippen molar-refractivity contribution >= 4 is 5.91 Å². The van der Waals surface area contributed by atoms with Crippen LogP contribution in [0.4, 0.5) is 17.6 Å². The molecule has 0 atom stereocenters. The Bertz CT molecular complexity index is 558. The molecule has 0 fully saturated rings. The number of carbonyl (C=O) groups is 1. The molecule has 0 aromatic heterocycles. The van der Waals surface area contributed by atoms with Gasteiger partial charge in [0.25, 0.3) is 5.91 Å². The van der Waals surface area contributed by atoms with Crippen LogP contribution in [0.2, 0.25) is 0 Å². The van der Waals surface area contributed by atoms with Gasteiger partial charge in [0, 0.05) is 18.5 Å². The number of nitrogens with one attached hydrogen (secondary N) is 1. The Kier molecular flexibility index (Phi) is 6.18. The molecule has 7 heteroatoms. The number of rotatable bonds is 4. The molecule has 0 saturated heterocycles. The van der Waals surface area contributed by atoms with E-state index in [0.29, 0.717) is 0 Å². The molecule has 0 heterocycles. The standard InChI is InChI=1S/C14H14F4N2O/c15-11-5-4-10(3-1-7-19)12(9-11)13(21)20-8-2-6-14(16,17)18/h4-5,9H,2,6-8,19H2,(H,20,21). The van der Waals surface area contributed by atoms with Crippen molar-refractivity contribution in [2.75, 3.05) is 13.1 Å². The van der Waals surface area contributed by atoms with E-state index in [1.54, 1.807) is 0 Å². The number of hydrogen-bond donors (Lipinski definition) is 2. The maximum absolute atomic E-state index is 13.2. The minimum atomic E-state index is -4.26. The van der Waals surface area contributed by atoms with Crippen LogP contribution in [0.1, 0.15) is 28.8 Å². The van der Waals surface area contributed by atoms with Gasteiger partial charge in [0.05, 0.1) is 12.1 Å². The Morgan fingerprint density at radius 3 is 2.67 bits per heavy atom. The van der Waals surface area contributed by atoms with Crippen LogP contribution in [0.3, 0.4) is 0 Å². The van der Waals surface area contributed by atoms with E-state index in [9.17, 15) is 22.4 Å². The fourth-order valence-corrected chi connectivity index (χ4v) is 1.55. The molecule has 3 N–H and O–H groups in total. The smallest absolute Gasteiger partial charge is 0.352 e. The Morgan fingerprint density at radius 2 is 2.05 bits per heavy atom. The highest BCUT2D eigenvalue weighted by Gasteiger charge is 2.26. The first-order chi connectivity index (χ1) is 9.83. The number of halogens is 4. The van der Waals surface area contributed by atoms with Crippen molar-refractivity contribution in [2.24, 2.45) is 5.73 Å². The van der Waals surface area contributed by atoms with E-state index in [0.717, 1.165) is 12.1 Å². The fraction of sp³-hybridized carbons (Fsp3) is 0.357. The summed E-state index contributed by atoms with van der Waals surface area (Å²) >= 11 is 0. The first-order valence-electron chi connectivity index (χ1n) is 6.17. The van der Waals surface area contributed by atoms with Gasteiger partial charge in [-0.15, -0.1) is 0 Å². The minimum absolute atomic E-state index is 0.0250. The molecule has 1 aromatic carbocycles. The predicted molar refractivity (Wildman–Crippen MR) is 70.0 cm³/mol. The van der Waals surface area contributed by atoms with E-state index in [4.69, 9.17) is 5.73 Å². The van der Waals surface area contributed by atoms with Crippen molar-refractivity contribution in [3.8, 4) is 11.8 Å². The van der Waals surface area contributed by atoms with E-state index in [1.807, 2.05) is 0 Å². The van der Waals surface area contributed by atoms with Gasteiger partial charge >= 0.3 is 6.18 Å². The Labute approximate surface area is 119 Å². The lowest BCUT2D eigenvalue weighted by Crippen LogP contribution is -2.26. The maximum Gasteiger partial charge on any atom is 0.389 e.